The number of rotatable bonds is 20. The van der Waals surface area contributed by atoms with Gasteiger partial charge in [0.2, 0.25) is 17.7 Å². The van der Waals surface area contributed by atoms with Gasteiger partial charge < -0.3 is 39.2 Å². The van der Waals surface area contributed by atoms with Crippen molar-refractivity contribution in [1.29, 1.82) is 0 Å². The number of carbonyl (C=O) groups is 4. The van der Waals surface area contributed by atoms with Crippen LogP contribution in [0.2, 0.25) is 0 Å². The molecule has 17 heteroatoms. The van der Waals surface area contributed by atoms with Crippen LogP contribution in [0.1, 0.15) is 91.3 Å². The Morgan fingerprint density at radius 1 is 0.946 bits per heavy atom. The van der Waals surface area contributed by atoms with Gasteiger partial charge in [0.05, 0.1) is 57.5 Å². The van der Waals surface area contributed by atoms with Gasteiger partial charge in [0.25, 0.3) is 10.1 Å². The van der Waals surface area contributed by atoms with E-state index in [9.17, 15) is 27.6 Å². The minimum atomic E-state index is -3.99. The van der Waals surface area contributed by atoms with Crippen LogP contribution in [0.5, 0.6) is 0 Å². The molecule has 0 radical (unpaired) electrons. The zero-order valence-electron chi connectivity index (χ0n) is 34.3. The Kier molecular flexibility index (Phi) is 18.0. The average Bonchev–Trinajstić information content (AvgIpc) is 3.54. The highest BCUT2D eigenvalue weighted by Gasteiger charge is 2.46. The third kappa shape index (κ3) is 15.5. The molecule has 0 spiro atoms. The third-order valence-electron chi connectivity index (χ3n) is 9.59. The lowest BCUT2D eigenvalue weighted by Gasteiger charge is -2.37. The summed E-state index contributed by atoms with van der Waals surface area (Å²) in [7, 11) is -2.53. The number of benzene rings is 1. The molecular formula is C39H64N4O12S. The zero-order chi connectivity index (χ0) is 41.7. The highest BCUT2D eigenvalue weighted by molar-refractivity contribution is 7.85. The number of carbonyl (C=O) groups excluding carboxylic acids is 4. The van der Waals surface area contributed by atoms with E-state index < -0.39 is 63.3 Å². The van der Waals surface area contributed by atoms with Crippen LogP contribution < -0.4 is 10.6 Å². The number of fused-ring (bicyclic) bond motifs is 1. The fraction of sp³-hybridized carbons (Fsp3) is 0.744. The molecule has 0 bridgehead atoms. The maximum atomic E-state index is 14.5. The summed E-state index contributed by atoms with van der Waals surface area (Å²) in [6.07, 6.45) is 1.94. The molecule has 0 unspecified atom stereocenters. The van der Waals surface area contributed by atoms with Crippen molar-refractivity contribution in [1.82, 2.24) is 20.4 Å². The number of hydrogen-bond acceptors (Lipinski definition) is 11. The van der Waals surface area contributed by atoms with E-state index in [0.717, 1.165) is 24.8 Å². The van der Waals surface area contributed by atoms with Gasteiger partial charge in [0, 0.05) is 26.6 Å². The zero-order valence-corrected chi connectivity index (χ0v) is 35.2. The van der Waals surface area contributed by atoms with E-state index in [4.69, 9.17) is 28.2 Å². The van der Waals surface area contributed by atoms with Gasteiger partial charge >= 0.3 is 6.09 Å². The highest BCUT2D eigenvalue weighted by atomic mass is 32.2. The minimum Gasteiger partial charge on any atom is -0.444 e. The molecule has 1 saturated heterocycles. The van der Waals surface area contributed by atoms with Gasteiger partial charge in [-0.05, 0) is 69.9 Å². The smallest absolute Gasteiger partial charge is 0.410 e. The SMILES string of the molecule is C[C@@H](C(=O)N[C@H](C(=O)N1C[C@@H](OCCOCCOCCOCCCS(=O)(=O)O)C[C@H]1C(=O)N[C@@H]1CCCc2ccccc21)C(C)(C)C)N(C)C(=O)OC(C)(C)C. The Hall–Kier alpha value is -3.35. The molecule has 0 aromatic heterocycles. The van der Waals surface area contributed by atoms with Gasteiger partial charge in [-0.3, -0.25) is 23.8 Å². The summed E-state index contributed by atoms with van der Waals surface area (Å²) in [6.45, 7) is 14.2. The van der Waals surface area contributed by atoms with Crippen LogP contribution in [0.4, 0.5) is 4.79 Å². The van der Waals surface area contributed by atoms with E-state index >= 15 is 0 Å². The first-order valence-corrected chi connectivity index (χ1v) is 21.0. The van der Waals surface area contributed by atoms with Gasteiger partial charge in [-0.15, -0.1) is 0 Å². The minimum absolute atomic E-state index is 0.126. The normalized spacial score (nSPS) is 19.8. The number of ether oxygens (including phenoxy) is 5. The van der Waals surface area contributed by atoms with Crippen LogP contribution in [-0.2, 0) is 54.6 Å². The Bertz CT molecular complexity index is 1560. The largest absolute Gasteiger partial charge is 0.444 e. The summed E-state index contributed by atoms with van der Waals surface area (Å²) in [4.78, 5) is 57.6. The van der Waals surface area contributed by atoms with Crippen LogP contribution >= 0.6 is 0 Å². The molecule has 1 aromatic rings. The monoisotopic (exact) mass is 812 g/mol. The molecule has 1 aromatic carbocycles. The highest BCUT2D eigenvalue weighted by Crippen LogP contribution is 2.32. The fourth-order valence-corrected chi connectivity index (χ4v) is 6.97. The van der Waals surface area contributed by atoms with Crippen molar-refractivity contribution in [2.24, 2.45) is 5.41 Å². The molecule has 1 aliphatic heterocycles. The molecule has 5 atom stereocenters. The van der Waals surface area contributed by atoms with E-state index in [1.54, 1.807) is 27.7 Å². The standard InChI is InChI=1S/C39H64N4O12S/c1-27(42(8)37(47)55-39(5,6)7)34(44)41-33(38(2,3)4)36(46)43-26-29(54-23-22-53-21-20-52-19-18-51-17-12-24-56(48,49)50)25-32(43)35(45)40-31-16-11-14-28-13-9-10-15-30(28)31/h9-10,13,15,27,29,31-33H,11-12,14,16-26H2,1-8H3,(H,40,45)(H,41,44)(H,48,49,50)/t27-,29-,31+,32-,33+/m0/s1. The van der Waals surface area contributed by atoms with Crippen molar-refractivity contribution in [3.8, 4) is 0 Å². The Morgan fingerprint density at radius 3 is 2.16 bits per heavy atom. The van der Waals surface area contributed by atoms with Gasteiger partial charge in [0.1, 0.15) is 23.7 Å². The van der Waals surface area contributed by atoms with Crippen molar-refractivity contribution in [3.63, 3.8) is 0 Å². The molecule has 56 heavy (non-hydrogen) atoms. The van der Waals surface area contributed by atoms with E-state index in [2.05, 4.69) is 16.7 Å². The molecule has 16 nitrogen and oxygen atoms in total. The molecule has 318 valence electrons. The number of likely N-dealkylation sites (tertiary alicyclic amines) is 1. The topological polar surface area (TPSA) is 199 Å². The van der Waals surface area contributed by atoms with E-state index in [0.29, 0.717) is 19.8 Å². The predicted octanol–water partition coefficient (Wildman–Crippen LogP) is 3.28. The van der Waals surface area contributed by atoms with Gasteiger partial charge in [-0.1, -0.05) is 45.0 Å². The van der Waals surface area contributed by atoms with Crippen molar-refractivity contribution in [2.45, 2.75) is 116 Å². The molecule has 3 rings (SSSR count). The Labute approximate surface area is 332 Å². The van der Waals surface area contributed by atoms with Crippen LogP contribution in [0.3, 0.4) is 0 Å². The number of amides is 4. The lowest BCUT2D eigenvalue weighted by Crippen LogP contribution is -2.60. The second kappa shape index (κ2) is 21.4. The van der Waals surface area contributed by atoms with Gasteiger partial charge in [-0.2, -0.15) is 8.42 Å². The molecular weight excluding hydrogens is 749 g/mol. The maximum Gasteiger partial charge on any atom is 0.410 e. The van der Waals surface area contributed by atoms with Crippen molar-refractivity contribution >= 4 is 33.9 Å². The fourth-order valence-electron chi connectivity index (χ4n) is 6.49. The first-order valence-electron chi connectivity index (χ1n) is 19.4. The van der Waals surface area contributed by atoms with E-state index in [1.165, 1.54) is 22.4 Å². The van der Waals surface area contributed by atoms with Crippen LogP contribution in [-0.4, -0.2) is 142 Å². The molecule has 1 heterocycles. The molecule has 4 amide bonds. The number of nitrogens with one attached hydrogen (secondary N) is 2. The lowest BCUT2D eigenvalue weighted by molar-refractivity contribution is -0.144. The number of likely N-dealkylation sites (N-methyl/N-ethyl adjacent to an activating group) is 1. The Morgan fingerprint density at radius 2 is 1.55 bits per heavy atom. The quantitative estimate of drug-likeness (QED) is 0.129. The second-order valence-corrected chi connectivity index (χ2v) is 18.0. The number of aryl methyl sites for hydroxylation is 1. The second-order valence-electron chi connectivity index (χ2n) is 16.4. The lowest BCUT2D eigenvalue weighted by atomic mass is 9.85. The third-order valence-corrected chi connectivity index (χ3v) is 10.4. The first kappa shape index (κ1) is 47.0. The summed E-state index contributed by atoms with van der Waals surface area (Å²) in [6, 6.07) is 5.02. The van der Waals surface area contributed by atoms with E-state index in [1.807, 2.05) is 39.0 Å². The summed E-state index contributed by atoms with van der Waals surface area (Å²) < 4.78 is 58.2. The van der Waals surface area contributed by atoms with Crippen molar-refractivity contribution in [2.75, 3.05) is 65.6 Å². The molecule has 1 aliphatic carbocycles. The van der Waals surface area contributed by atoms with Gasteiger partial charge in [-0.25, -0.2) is 4.79 Å². The Balaban J connectivity index is 1.62. The molecule has 2 aliphatic rings. The summed E-state index contributed by atoms with van der Waals surface area (Å²) in [5, 5.41) is 6.09. The molecule has 1 fully saturated rings. The number of nitrogens with zero attached hydrogens (tertiary/aromatic N) is 2. The first-order chi connectivity index (χ1) is 26.2. The number of hydrogen-bond donors (Lipinski definition) is 3. The van der Waals surface area contributed by atoms with Gasteiger partial charge in [0.15, 0.2) is 0 Å². The van der Waals surface area contributed by atoms with Crippen LogP contribution in [0.15, 0.2) is 24.3 Å². The molecule has 3 N–H and O–H groups in total. The summed E-state index contributed by atoms with van der Waals surface area (Å²) in [5.41, 5.74) is 0.747. The maximum absolute atomic E-state index is 14.5. The predicted molar refractivity (Wildman–Crippen MR) is 208 cm³/mol. The van der Waals surface area contributed by atoms with Crippen LogP contribution in [0, 0.1) is 5.41 Å². The van der Waals surface area contributed by atoms with Crippen LogP contribution in [0.25, 0.3) is 0 Å². The molecule has 0 saturated carbocycles. The summed E-state index contributed by atoms with van der Waals surface area (Å²) in [5.74, 6) is -1.61. The van der Waals surface area contributed by atoms with E-state index in [-0.39, 0.29) is 63.5 Å². The van der Waals surface area contributed by atoms with Crippen molar-refractivity contribution in [3.05, 3.63) is 35.4 Å². The summed E-state index contributed by atoms with van der Waals surface area (Å²) >= 11 is 0. The average molecular weight is 813 g/mol. The van der Waals surface area contributed by atoms with Crippen molar-refractivity contribution < 1.29 is 55.8 Å².